The van der Waals surface area contributed by atoms with Gasteiger partial charge in [0.1, 0.15) is 11.9 Å². The molecule has 0 aliphatic heterocycles. The Hall–Kier alpha value is -1.56. The number of rotatable bonds is 4. The minimum atomic E-state index is -0.373. The zero-order valence-corrected chi connectivity index (χ0v) is 8.18. The van der Waals surface area contributed by atoms with E-state index in [9.17, 15) is 4.39 Å². The number of nitrogens with zero attached hydrogens (tertiary/aromatic N) is 1. The van der Waals surface area contributed by atoms with Crippen molar-refractivity contribution in [1.29, 1.82) is 5.26 Å². The van der Waals surface area contributed by atoms with Gasteiger partial charge in [-0.3, -0.25) is 0 Å². The van der Waals surface area contributed by atoms with Crippen LogP contribution in [-0.4, -0.2) is 6.54 Å². The lowest BCUT2D eigenvalue weighted by Crippen LogP contribution is -2.02. The summed E-state index contributed by atoms with van der Waals surface area (Å²) in [6.45, 7) is 2.91. The maximum absolute atomic E-state index is 12.7. The molecule has 0 saturated heterocycles. The van der Waals surface area contributed by atoms with E-state index in [2.05, 4.69) is 12.2 Å². The molecule has 1 N–H and O–H groups in total. The molecule has 1 aromatic rings. The highest BCUT2D eigenvalue weighted by Crippen LogP contribution is 2.15. The van der Waals surface area contributed by atoms with E-state index in [0.717, 1.165) is 19.4 Å². The first-order valence-corrected chi connectivity index (χ1v) is 4.71. The first-order valence-electron chi connectivity index (χ1n) is 4.71. The maximum Gasteiger partial charge on any atom is 0.124 e. The van der Waals surface area contributed by atoms with Gasteiger partial charge in [0.05, 0.1) is 11.3 Å². The topological polar surface area (TPSA) is 35.8 Å². The van der Waals surface area contributed by atoms with Gasteiger partial charge in [-0.15, -0.1) is 0 Å². The molecule has 0 heterocycles. The molecule has 74 valence electrons. The quantitative estimate of drug-likeness (QED) is 0.744. The summed E-state index contributed by atoms with van der Waals surface area (Å²) in [4.78, 5) is 0. The number of halogens is 1. The minimum Gasteiger partial charge on any atom is -0.384 e. The van der Waals surface area contributed by atoms with Crippen molar-refractivity contribution in [1.82, 2.24) is 0 Å². The molecule has 0 bridgehead atoms. The number of benzene rings is 1. The molecule has 0 unspecified atom stereocenters. The van der Waals surface area contributed by atoms with Crippen molar-refractivity contribution in [3.8, 4) is 6.07 Å². The molecule has 0 radical (unpaired) electrons. The molecule has 1 aromatic carbocycles. The van der Waals surface area contributed by atoms with Gasteiger partial charge in [-0.2, -0.15) is 5.26 Å². The molecule has 0 aliphatic carbocycles. The molecule has 1 rings (SSSR count). The van der Waals surface area contributed by atoms with Crippen LogP contribution in [0.4, 0.5) is 10.1 Å². The molecule has 14 heavy (non-hydrogen) atoms. The average molecular weight is 192 g/mol. The van der Waals surface area contributed by atoms with Gasteiger partial charge < -0.3 is 5.32 Å². The first kappa shape index (κ1) is 10.5. The van der Waals surface area contributed by atoms with Crippen LogP contribution >= 0.6 is 0 Å². The summed E-state index contributed by atoms with van der Waals surface area (Å²) >= 11 is 0. The van der Waals surface area contributed by atoms with Crippen molar-refractivity contribution < 1.29 is 4.39 Å². The van der Waals surface area contributed by atoms with Crippen LogP contribution in [0, 0.1) is 17.1 Å². The fourth-order valence-corrected chi connectivity index (χ4v) is 1.16. The predicted molar refractivity (Wildman–Crippen MR) is 54.5 cm³/mol. The Balaban J connectivity index is 2.72. The summed E-state index contributed by atoms with van der Waals surface area (Å²) in [5, 5.41) is 11.8. The van der Waals surface area contributed by atoms with Gasteiger partial charge >= 0.3 is 0 Å². The van der Waals surface area contributed by atoms with E-state index in [1.807, 2.05) is 6.07 Å². The summed E-state index contributed by atoms with van der Waals surface area (Å²) < 4.78 is 12.7. The van der Waals surface area contributed by atoms with Gasteiger partial charge in [0.15, 0.2) is 0 Å². The Labute approximate surface area is 83.4 Å². The third kappa shape index (κ3) is 2.74. The SMILES string of the molecule is CCCCNc1ccc(F)cc1C#N. The molecule has 2 nitrogen and oxygen atoms in total. The highest BCUT2D eigenvalue weighted by molar-refractivity contribution is 5.57. The second-order valence-electron chi connectivity index (χ2n) is 3.08. The molecule has 3 heteroatoms. The first-order chi connectivity index (χ1) is 6.77. The zero-order valence-electron chi connectivity index (χ0n) is 8.18. The summed E-state index contributed by atoms with van der Waals surface area (Å²) in [5.74, 6) is -0.373. The molecule has 0 atom stereocenters. The average Bonchev–Trinajstić information content (AvgIpc) is 2.20. The van der Waals surface area contributed by atoms with E-state index in [1.165, 1.54) is 12.1 Å². The van der Waals surface area contributed by atoms with E-state index in [1.54, 1.807) is 6.07 Å². The highest BCUT2D eigenvalue weighted by atomic mass is 19.1. The maximum atomic E-state index is 12.7. The molecule has 0 fully saturated rings. The Morgan fingerprint density at radius 2 is 2.29 bits per heavy atom. The van der Waals surface area contributed by atoms with Crippen molar-refractivity contribution in [3.05, 3.63) is 29.6 Å². The Kier molecular flexibility index (Phi) is 3.93. The standard InChI is InChI=1S/C11H13FN2/c1-2-3-6-14-11-5-4-10(12)7-9(11)8-13/h4-5,7,14H,2-3,6H2,1H3. The molecule has 0 aliphatic rings. The number of nitrogens with one attached hydrogen (secondary N) is 1. The number of anilines is 1. The minimum absolute atomic E-state index is 0.362. The van der Waals surface area contributed by atoms with Crippen molar-refractivity contribution in [2.24, 2.45) is 0 Å². The molecule has 0 saturated carbocycles. The largest absolute Gasteiger partial charge is 0.384 e. The Bertz CT molecular complexity index is 342. The van der Waals surface area contributed by atoms with E-state index < -0.39 is 0 Å². The number of hydrogen-bond donors (Lipinski definition) is 1. The Morgan fingerprint density at radius 1 is 1.50 bits per heavy atom. The van der Waals surface area contributed by atoms with Crippen molar-refractivity contribution in [2.75, 3.05) is 11.9 Å². The lowest BCUT2D eigenvalue weighted by atomic mass is 10.2. The number of nitriles is 1. The third-order valence-electron chi connectivity index (χ3n) is 1.95. The van der Waals surface area contributed by atoms with Crippen LogP contribution in [0.2, 0.25) is 0 Å². The van der Waals surface area contributed by atoms with Crippen LogP contribution in [-0.2, 0) is 0 Å². The van der Waals surface area contributed by atoms with Crippen LogP contribution in [0.1, 0.15) is 25.3 Å². The van der Waals surface area contributed by atoms with Crippen LogP contribution < -0.4 is 5.32 Å². The zero-order chi connectivity index (χ0) is 10.4. The predicted octanol–water partition coefficient (Wildman–Crippen LogP) is 2.91. The van der Waals surface area contributed by atoms with Gasteiger partial charge in [-0.05, 0) is 24.6 Å². The van der Waals surface area contributed by atoms with E-state index >= 15 is 0 Å². The van der Waals surface area contributed by atoms with Crippen LogP contribution in [0.5, 0.6) is 0 Å². The second-order valence-corrected chi connectivity index (χ2v) is 3.08. The van der Waals surface area contributed by atoms with Gasteiger partial charge in [0, 0.05) is 6.54 Å². The molecule has 0 amide bonds. The lowest BCUT2D eigenvalue weighted by Gasteiger charge is -2.06. The second kappa shape index (κ2) is 5.23. The smallest absolute Gasteiger partial charge is 0.124 e. The molecular weight excluding hydrogens is 179 g/mol. The van der Waals surface area contributed by atoms with Crippen LogP contribution in [0.25, 0.3) is 0 Å². The number of unbranched alkanes of at least 4 members (excludes halogenated alkanes) is 1. The van der Waals surface area contributed by atoms with Gasteiger partial charge in [-0.25, -0.2) is 4.39 Å². The fraction of sp³-hybridized carbons (Fsp3) is 0.364. The van der Waals surface area contributed by atoms with Crippen LogP contribution in [0.3, 0.4) is 0 Å². The summed E-state index contributed by atoms with van der Waals surface area (Å²) in [6, 6.07) is 6.16. The van der Waals surface area contributed by atoms with Crippen LogP contribution in [0.15, 0.2) is 18.2 Å². The summed E-state index contributed by atoms with van der Waals surface area (Å²) in [7, 11) is 0. The van der Waals surface area contributed by atoms with Crippen molar-refractivity contribution in [3.63, 3.8) is 0 Å². The van der Waals surface area contributed by atoms with Crippen molar-refractivity contribution in [2.45, 2.75) is 19.8 Å². The molecule has 0 aromatic heterocycles. The number of hydrogen-bond acceptors (Lipinski definition) is 2. The normalized spacial score (nSPS) is 9.50. The fourth-order valence-electron chi connectivity index (χ4n) is 1.16. The monoisotopic (exact) mass is 192 g/mol. The van der Waals surface area contributed by atoms with E-state index in [-0.39, 0.29) is 5.82 Å². The van der Waals surface area contributed by atoms with E-state index in [4.69, 9.17) is 5.26 Å². The summed E-state index contributed by atoms with van der Waals surface area (Å²) in [6.07, 6.45) is 2.14. The van der Waals surface area contributed by atoms with Gasteiger partial charge in [0.25, 0.3) is 0 Å². The molecule has 0 spiro atoms. The van der Waals surface area contributed by atoms with Crippen molar-refractivity contribution >= 4 is 5.69 Å². The van der Waals surface area contributed by atoms with E-state index in [0.29, 0.717) is 11.3 Å². The third-order valence-corrected chi connectivity index (χ3v) is 1.95. The van der Waals surface area contributed by atoms with Gasteiger partial charge in [0.2, 0.25) is 0 Å². The Morgan fingerprint density at radius 3 is 2.93 bits per heavy atom. The lowest BCUT2D eigenvalue weighted by molar-refractivity contribution is 0.627. The van der Waals surface area contributed by atoms with Gasteiger partial charge in [-0.1, -0.05) is 13.3 Å². The molecular formula is C11H13FN2. The summed E-state index contributed by atoms with van der Waals surface area (Å²) in [5.41, 5.74) is 1.07. The highest BCUT2D eigenvalue weighted by Gasteiger charge is 2.01.